The Hall–Kier alpha value is -2.24. The van der Waals surface area contributed by atoms with Crippen molar-refractivity contribution >= 4 is 11.9 Å². The van der Waals surface area contributed by atoms with E-state index in [1.165, 1.54) is 4.90 Å². The van der Waals surface area contributed by atoms with Crippen molar-refractivity contribution < 1.29 is 24.2 Å². The Bertz CT molecular complexity index is 543. The number of aliphatic carboxylic acids is 1. The Labute approximate surface area is 123 Å². The van der Waals surface area contributed by atoms with Crippen molar-refractivity contribution in [2.75, 3.05) is 26.8 Å². The SMILES string of the molecule is CC(C(=O)N(C)CCC(=O)O)c1ccc2c(c1)OCCO2. The van der Waals surface area contributed by atoms with Gasteiger partial charge in [-0.05, 0) is 24.6 Å². The minimum absolute atomic E-state index is 0.0594. The second kappa shape index (κ2) is 6.47. The molecule has 114 valence electrons. The molecular formula is C15H19NO5. The zero-order chi connectivity index (χ0) is 15.4. The number of carbonyl (C=O) groups excluding carboxylic acids is 1. The maximum atomic E-state index is 12.3. The minimum Gasteiger partial charge on any atom is -0.486 e. The fourth-order valence-electron chi connectivity index (χ4n) is 2.18. The van der Waals surface area contributed by atoms with Crippen molar-refractivity contribution in [3.8, 4) is 11.5 Å². The summed E-state index contributed by atoms with van der Waals surface area (Å²) in [7, 11) is 1.61. The molecule has 1 aliphatic heterocycles. The summed E-state index contributed by atoms with van der Waals surface area (Å²) in [5, 5.41) is 8.66. The van der Waals surface area contributed by atoms with Crippen LogP contribution in [0.3, 0.4) is 0 Å². The summed E-state index contributed by atoms with van der Waals surface area (Å²) in [5.74, 6) is -0.0651. The van der Waals surface area contributed by atoms with Crippen LogP contribution in [0, 0.1) is 0 Å². The van der Waals surface area contributed by atoms with Crippen molar-refractivity contribution in [1.82, 2.24) is 4.90 Å². The largest absolute Gasteiger partial charge is 0.486 e. The van der Waals surface area contributed by atoms with E-state index in [1.54, 1.807) is 20.0 Å². The molecule has 1 heterocycles. The number of benzene rings is 1. The fraction of sp³-hybridized carbons (Fsp3) is 0.467. The van der Waals surface area contributed by atoms with Gasteiger partial charge in [-0.15, -0.1) is 0 Å². The lowest BCUT2D eigenvalue weighted by atomic mass is 9.99. The molecule has 2 rings (SSSR count). The number of likely N-dealkylation sites (N-methyl/N-ethyl adjacent to an activating group) is 1. The van der Waals surface area contributed by atoms with E-state index in [0.717, 1.165) is 5.56 Å². The lowest BCUT2D eigenvalue weighted by Gasteiger charge is -2.23. The second-order valence-corrected chi connectivity index (χ2v) is 5.03. The van der Waals surface area contributed by atoms with Crippen LogP contribution in [0.4, 0.5) is 0 Å². The first-order valence-electron chi connectivity index (χ1n) is 6.85. The van der Waals surface area contributed by atoms with Gasteiger partial charge in [-0.1, -0.05) is 6.07 Å². The summed E-state index contributed by atoms with van der Waals surface area (Å²) in [6.45, 7) is 3.02. The molecule has 1 aromatic carbocycles. The van der Waals surface area contributed by atoms with Gasteiger partial charge in [0.15, 0.2) is 11.5 Å². The minimum atomic E-state index is -0.915. The summed E-state index contributed by atoms with van der Waals surface area (Å²) in [5.41, 5.74) is 0.825. The van der Waals surface area contributed by atoms with E-state index in [-0.39, 0.29) is 24.8 Å². The Morgan fingerprint density at radius 1 is 1.29 bits per heavy atom. The van der Waals surface area contributed by atoms with Crippen LogP contribution < -0.4 is 9.47 Å². The number of carboxylic acid groups (broad SMARTS) is 1. The molecule has 1 atom stereocenters. The molecule has 0 saturated carbocycles. The van der Waals surface area contributed by atoms with Crippen molar-refractivity contribution in [2.45, 2.75) is 19.3 Å². The molecule has 0 saturated heterocycles. The number of ether oxygens (including phenoxy) is 2. The maximum Gasteiger partial charge on any atom is 0.305 e. The Morgan fingerprint density at radius 2 is 1.95 bits per heavy atom. The molecule has 0 bridgehead atoms. The Kier molecular flexibility index (Phi) is 4.67. The predicted octanol–water partition coefficient (Wildman–Crippen LogP) is 1.49. The van der Waals surface area contributed by atoms with E-state index in [4.69, 9.17) is 14.6 Å². The van der Waals surface area contributed by atoms with E-state index in [2.05, 4.69) is 0 Å². The van der Waals surface area contributed by atoms with Crippen LogP contribution in [0.1, 0.15) is 24.8 Å². The van der Waals surface area contributed by atoms with Crippen LogP contribution >= 0.6 is 0 Å². The maximum absolute atomic E-state index is 12.3. The lowest BCUT2D eigenvalue weighted by Crippen LogP contribution is -2.32. The molecule has 0 spiro atoms. The normalized spacial score (nSPS) is 14.4. The molecule has 1 unspecified atom stereocenters. The molecule has 6 heteroatoms. The highest BCUT2D eigenvalue weighted by atomic mass is 16.6. The number of rotatable bonds is 5. The van der Waals surface area contributed by atoms with Crippen molar-refractivity contribution in [2.24, 2.45) is 0 Å². The third-order valence-corrected chi connectivity index (χ3v) is 3.47. The van der Waals surface area contributed by atoms with Crippen LogP contribution in [-0.2, 0) is 9.59 Å². The zero-order valence-electron chi connectivity index (χ0n) is 12.2. The van der Waals surface area contributed by atoms with Gasteiger partial charge in [-0.2, -0.15) is 0 Å². The standard InChI is InChI=1S/C15H19NO5/c1-10(15(19)16(2)6-5-14(17)18)11-3-4-12-13(9-11)21-8-7-20-12/h3-4,9-10H,5-8H2,1-2H3,(H,17,18). The highest BCUT2D eigenvalue weighted by molar-refractivity contribution is 5.83. The van der Waals surface area contributed by atoms with Gasteiger partial charge in [-0.25, -0.2) is 0 Å². The van der Waals surface area contributed by atoms with Gasteiger partial charge in [-0.3, -0.25) is 9.59 Å². The number of amides is 1. The van der Waals surface area contributed by atoms with E-state index < -0.39 is 5.97 Å². The van der Waals surface area contributed by atoms with E-state index in [0.29, 0.717) is 24.7 Å². The molecule has 1 aromatic rings. The average molecular weight is 293 g/mol. The van der Waals surface area contributed by atoms with Crippen LogP contribution in [0.5, 0.6) is 11.5 Å². The summed E-state index contributed by atoms with van der Waals surface area (Å²) in [4.78, 5) is 24.3. The molecule has 1 N–H and O–H groups in total. The van der Waals surface area contributed by atoms with Gasteiger partial charge in [0, 0.05) is 13.6 Å². The highest BCUT2D eigenvalue weighted by Crippen LogP contribution is 2.33. The van der Waals surface area contributed by atoms with Gasteiger partial charge in [0.05, 0.1) is 12.3 Å². The molecule has 0 aromatic heterocycles. The molecule has 21 heavy (non-hydrogen) atoms. The number of hydrogen-bond acceptors (Lipinski definition) is 4. The third-order valence-electron chi connectivity index (χ3n) is 3.47. The van der Waals surface area contributed by atoms with Gasteiger partial charge < -0.3 is 19.5 Å². The summed E-state index contributed by atoms with van der Waals surface area (Å²) >= 11 is 0. The van der Waals surface area contributed by atoms with E-state index in [9.17, 15) is 9.59 Å². The molecular weight excluding hydrogens is 274 g/mol. The highest BCUT2D eigenvalue weighted by Gasteiger charge is 2.22. The number of nitrogens with zero attached hydrogens (tertiary/aromatic N) is 1. The van der Waals surface area contributed by atoms with Crippen molar-refractivity contribution in [1.29, 1.82) is 0 Å². The Morgan fingerprint density at radius 3 is 2.62 bits per heavy atom. The van der Waals surface area contributed by atoms with Crippen LogP contribution in [0.2, 0.25) is 0 Å². The molecule has 1 amide bonds. The molecule has 0 fully saturated rings. The fourth-order valence-corrected chi connectivity index (χ4v) is 2.18. The number of hydrogen-bond donors (Lipinski definition) is 1. The monoisotopic (exact) mass is 293 g/mol. The van der Waals surface area contributed by atoms with Gasteiger partial charge in [0.25, 0.3) is 0 Å². The first-order chi connectivity index (χ1) is 9.99. The zero-order valence-corrected chi connectivity index (χ0v) is 12.2. The number of carboxylic acids is 1. The Balaban J connectivity index is 2.06. The molecule has 0 radical (unpaired) electrons. The van der Waals surface area contributed by atoms with Gasteiger partial charge in [0.2, 0.25) is 5.91 Å². The molecule has 1 aliphatic rings. The summed E-state index contributed by atoms with van der Waals surface area (Å²) in [6.07, 6.45) is -0.0594. The first-order valence-corrected chi connectivity index (χ1v) is 6.85. The van der Waals surface area contributed by atoms with Gasteiger partial charge in [0.1, 0.15) is 13.2 Å². The average Bonchev–Trinajstić information content (AvgIpc) is 2.50. The molecule has 6 nitrogen and oxygen atoms in total. The summed E-state index contributed by atoms with van der Waals surface area (Å²) in [6, 6.07) is 5.44. The van der Waals surface area contributed by atoms with Crippen LogP contribution in [0.25, 0.3) is 0 Å². The predicted molar refractivity (Wildman–Crippen MR) is 75.7 cm³/mol. The third kappa shape index (κ3) is 3.65. The van der Waals surface area contributed by atoms with Crippen LogP contribution in [0.15, 0.2) is 18.2 Å². The number of fused-ring (bicyclic) bond motifs is 1. The second-order valence-electron chi connectivity index (χ2n) is 5.03. The number of carbonyl (C=O) groups is 2. The first kappa shape index (κ1) is 15.2. The smallest absolute Gasteiger partial charge is 0.305 e. The van der Waals surface area contributed by atoms with Crippen LogP contribution in [-0.4, -0.2) is 48.7 Å². The van der Waals surface area contributed by atoms with Gasteiger partial charge >= 0.3 is 5.97 Å². The van der Waals surface area contributed by atoms with E-state index >= 15 is 0 Å². The topological polar surface area (TPSA) is 76.1 Å². The van der Waals surface area contributed by atoms with E-state index in [1.807, 2.05) is 12.1 Å². The van der Waals surface area contributed by atoms with Crippen molar-refractivity contribution in [3.63, 3.8) is 0 Å². The quantitative estimate of drug-likeness (QED) is 0.890. The molecule has 0 aliphatic carbocycles. The lowest BCUT2D eigenvalue weighted by molar-refractivity contribution is -0.138. The summed E-state index contributed by atoms with van der Waals surface area (Å²) < 4.78 is 11.0. The van der Waals surface area contributed by atoms with Crippen molar-refractivity contribution in [3.05, 3.63) is 23.8 Å².